The molecule has 0 atom stereocenters. The maximum absolute atomic E-state index is 12.5. The fourth-order valence-corrected chi connectivity index (χ4v) is 3.35. The monoisotopic (exact) mass is 503 g/mol. The number of benzene rings is 3. The molecule has 0 aliphatic carbocycles. The standard InChI is InChI=1S/C28H29N3O6/c1-28(2,3)23-16-21(14-15-22(23)24(32)33)29-25(30-26(34)36-17-19-10-6-4-7-11-19)31-27(35)37-18-20-12-8-5-9-13-20/h4-16H,17-18H2,1-3H3,(H,32,33)(H2,29,30,31,34,35). The van der Waals surface area contributed by atoms with Crippen LogP contribution in [0.4, 0.5) is 15.3 Å². The second-order valence-corrected chi connectivity index (χ2v) is 9.13. The number of ether oxygens (including phenoxy) is 2. The van der Waals surface area contributed by atoms with Gasteiger partial charge in [-0.05, 0) is 40.3 Å². The molecule has 0 heterocycles. The number of guanidine groups is 1. The Morgan fingerprint density at radius 3 is 1.95 bits per heavy atom. The molecule has 0 saturated heterocycles. The lowest BCUT2D eigenvalue weighted by Gasteiger charge is -2.22. The van der Waals surface area contributed by atoms with E-state index >= 15 is 0 Å². The van der Waals surface area contributed by atoms with E-state index < -0.39 is 23.6 Å². The molecule has 2 amide bonds. The number of hydrogen-bond donors (Lipinski definition) is 3. The number of nitrogens with one attached hydrogen (secondary N) is 2. The van der Waals surface area contributed by atoms with Gasteiger partial charge in [-0.25, -0.2) is 14.4 Å². The first-order valence-electron chi connectivity index (χ1n) is 11.5. The smallest absolute Gasteiger partial charge is 0.437 e. The zero-order valence-corrected chi connectivity index (χ0v) is 20.9. The second-order valence-electron chi connectivity index (χ2n) is 9.13. The number of hydrogen-bond acceptors (Lipinski definition) is 5. The number of rotatable bonds is 6. The molecule has 3 aromatic rings. The van der Waals surface area contributed by atoms with E-state index in [-0.39, 0.29) is 24.7 Å². The molecular weight excluding hydrogens is 474 g/mol. The number of carbonyl (C=O) groups excluding carboxylic acids is 2. The van der Waals surface area contributed by atoms with Crippen molar-refractivity contribution in [3.8, 4) is 0 Å². The quantitative estimate of drug-likeness (QED) is 0.290. The van der Waals surface area contributed by atoms with Crippen LogP contribution < -0.4 is 10.6 Å². The van der Waals surface area contributed by atoms with E-state index in [2.05, 4.69) is 15.6 Å². The first-order chi connectivity index (χ1) is 17.6. The minimum atomic E-state index is -1.06. The minimum absolute atomic E-state index is 0.00358. The van der Waals surface area contributed by atoms with E-state index in [0.717, 1.165) is 11.1 Å². The highest BCUT2D eigenvalue weighted by Gasteiger charge is 2.22. The molecule has 0 saturated carbocycles. The highest BCUT2D eigenvalue weighted by Crippen LogP contribution is 2.28. The lowest BCUT2D eigenvalue weighted by Crippen LogP contribution is -2.37. The van der Waals surface area contributed by atoms with Crippen molar-refractivity contribution in [1.29, 1.82) is 0 Å². The summed E-state index contributed by atoms with van der Waals surface area (Å²) >= 11 is 0. The second kappa shape index (κ2) is 12.3. The van der Waals surface area contributed by atoms with Crippen molar-refractivity contribution in [3.63, 3.8) is 0 Å². The fourth-order valence-electron chi connectivity index (χ4n) is 3.35. The van der Waals surface area contributed by atoms with Crippen LogP contribution in [0, 0.1) is 0 Å². The third kappa shape index (κ3) is 8.50. The summed E-state index contributed by atoms with van der Waals surface area (Å²) in [5, 5.41) is 14.8. The van der Waals surface area contributed by atoms with Crippen molar-refractivity contribution in [2.75, 3.05) is 5.32 Å². The number of alkyl carbamates (subject to hydrolysis) is 1. The molecule has 0 aromatic heterocycles. The molecule has 192 valence electrons. The number of nitrogens with zero attached hydrogens (tertiary/aromatic N) is 1. The number of carboxylic acid groups (broad SMARTS) is 1. The Kier molecular flexibility index (Phi) is 8.99. The highest BCUT2D eigenvalue weighted by atomic mass is 16.6. The predicted octanol–water partition coefficient (Wildman–Crippen LogP) is 5.71. The Morgan fingerprint density at radius 1 is 0.838 bits per heavy atom. The summed E-state index contributed by atoms with van der Waals surface area (Å²) < 4.78 is 10.4. The van der Waals surface area contributed by atoms with E-state index in [9.17, 15) is 19.5 Å². The molecule has 3 aromatic carbocycles. The van der Waals surface area contributed by atoms with Gasteiger partial charge in [-0.2, -0.15) is 0 Å². The molecule has 0 radical (unpaired) electrons. The van der Waals surface area contributed by atoms with Crippen molar-refractivity contribution in [2.45, 2.75) is 39.4 Å². The maximum Gasteiger partial charge on any atom is 0.437 e. The zero-order valence-electron chi connectivity index (χ0n) is 20.9. The Hall–Kier alpha value is -4.66. The number of amides is 2. The average Bonchev–Trinajstić information content (AvgIpc) is 2.87. The van der Waals surface area contributed by atoms with Gasteiger partial charge < -0.3 is 19.9 Å². The third-order valence-electron chi connectivity index (χ3n) is 5.16. The van der Waals surface area contributed by atoms with Gasteiger partial charge in [0.1, 0.15) is 13.2 Å². The van der Waals surface area contributed by atoms with Crippen LogP contribution in [0.3, 0.4) is 0 Å². The first-order valence-corrected chi connectivity index (χ1v) is 11.5. The number of carbonyl (C=O) groups is 3. The van der Waals surface area contributed by atoms with Gasteiger partial charge in [0.25, 0.3) is 0 Å². The van der Waals surface area contributed by atoms with Crippen LogP contribution >= 0.6 is 0 Å². The summed E-state index contributed by atoms with van der Waals surface area (Å²) in [4.78, 5) is 40.4. The molecular formula is C28H29N3O6. The van der Waals surface area contributed by atoms with Crippen molar-refractivity contribution in [2.24, 2.45) is 4.99 Å². The molecule has 3 rings (SSSR count). The molecule has 0 unspecified atom stereocenters. The van der Waals surface area contributed by atoms with Gasteiger partial charge in [0.05, 0.1) is 5.56 Å². The van der Waals surface area contributed by atoms with E-state index in [1.807, 2.05) is 57.2 Å². The van der Waals surface area contributed by atoms with Crippen LogP contribution in [0.25, 0.3) is 0 Å². The van der Waals surface area contributed by atoms with Gasteiger partial charge in [0, 0.05) is 5.69 Å². The predicted molar refractivity (Wildman–Crippen MR) is 140 cm³/mol. The van der Waals surface area contributed by atoms with Crippen molar-refractivity contribution in [1.82, 2.24) is 5.32 Å². The zero-order chi connectivity index (χ0) is 26.8. The van der Waals surface area contributed by atoms with E-state index in [4.69, 9.17) is 9.47 Å². The van der Waals surface area contributed by atoms with Crippen molar-refractivity contribution < 1.29 is 29.0 Å². The summed E-state index contributed by atoms with van der Waals surface area (Å²) in [6.07, 6.45) is -1.78. The van der Waals surface area contributed by atoms with Crippen LogP contribution in [0.5, 0.6) is 0 Å². The van der Waals surface area contributed by atoms with Crippen LogP contribution in [-0.4, -0.2) is 29.2 Å². The van der Waals surface area contributed by atoms with Crippen molar-refractivity contribution in [3.05, 3.63) is 101 Å². The Morgan fingerprint density at radius 2 is 1.41 bits per heavy atom. The molecule has 9 nitrogen and oxygen atoms in total. The van der Waals surface area contributed by atoms with E-state index in [0.29, 0.717) is 11.3 Å². The number of aromatic carboxylic acids is 1. The summed E-state index contributed by atoms with van der Waals surface area (Å²) in [6, 6.07) is 22.8. The third-order valence-corrected chi connectivity index (χ3v) is 5.16. The number of anilines is 1. The molecule has 0 aliphatic rings. The van der Waals surface area contributed by atoms with Crippen LogP contribution in [0.15, 0.2) is 83.9 Å². The lowest BCUT2D eigenvalue weighted by atomic mass is 9.83. The van der Waals surface area contributed by atoms with Crippen LogP contribution in [0.1, 0.15) is 47.8 Å². The maximum atomic E-state index is 12.5. The van der Waals surface area contributed by atoms with Crippen molar-refractivity contribution >= 4 is 29.8 Å². The summed E-state index contributed by atoms with van der Waals surface area (Å²) in [5.74, 6) is -1.29. The average molecular weight is 504 g/mol. The van der Waals surface area contributed by atoms with E-state index in [1.165, 1.54) is 12.1 Å². The summed E-state index contributed by atoms with van der Waals surface area (Å²) in [7, 11) is 0. The van der Waals surface area contributed by atoms with Gasteiger partial charge in [0.2, 0.25) is 5.96 Å². The van der Waals surface area contributed by atoms with Crippen LogP contribution in [-0.2, 0) is 28.1 Å². The van der Waals surface area contributed by atoms with Crippen LogP contribution in [0.2, 0.25) is 0 Å². The van der Waals surface area contributed by atoms with Gasteiger partial charge in [-0.15, -0.1) is 4.99 Å². The SMILES string of the molecule is CC(C)(C)c1cc(N/C(=N\C(=O)OCc2ccccc2)NC(=O)OCc2ccccc2)ccc1C(=O)O. The van der Waals surface area contributed by atoms with Gasteiger partial charge in [-0.1, -0.05) is 81.4 Å². The molecule has 0 spiro atoms. The largest absolute Gasteiger partial charge is 0.478 e. The number of carboxylic acids is 1. The molecule has 37 heavy (non-hydrogen) atoms. The molecule has 0 bridgehead atoms. The highest BCUT2D eigenvalue weighted by molar-refractivity contribution is 6.06. The van der Waals surface area contributed by atoms with Gasteiger partial charge >= 0.3 is 18.2 Å². The molecule has 0 fully saturated rings. The van der Waals surface area contributed by atoms with Gasteiger partial charge in [-0.3, -0.25) is 5.32 Å². The van der Waals surface area contributed by atoms with Gasteiger partial charge in [0.15, 0.2) is 0 Å². The normalized spacial score (nSPS) is 11.4. The Bertz CT molecular complexity index is 1270. The Labute approximate surface area is 215 Å². The lowest BCUT2D eigenvalue weighted by molar-refractivity contribution is 0.0694. The fraction of sp³-hybridized carbons (Fsp3) is 0.214. The molecule has 9 heteroatoms. The minimum Gasteiger partial charge on any atom is -0.478 e. The van der Waals surface area contributed by atoms with E-state index in [1.54, 1.807) is 30.3 Å². The summed E-state index contributed by atoms with van der Waals surface area (Å²) in [6.45, 7) is 5.66. The first kappa shape index (κ1) is 26.9. The molecule has 0 aliphatic heterocycles. The topological polar surface area (TPSA) is 126 Å². The summed E-state index contributed by atoms with van der Waals surface area (Å²) in [5.41, 5.74) is 2.18. The Balaban J connectivity index is 1.79. The number of aliphatic imine (C=N–C) groups is 1. The molecule has 3 N–H and O–H groups in total.